The van der Waals surface area contributed by atoms with Gasteiger partial charge >= 0.3 is 5.97 Å². The first kappa shape index (κ1) is 20.5. The van der Waals surface area contributed by atoms with Gasteiger partial charge in [0.25, 0.3) is 0 Å². The lowest BCUT2D eigenvalue weighted by Gasteiger charge is -2.30. The number of hydrogen-bond donors (Lipinski definition) is 0. The van der Waals surface area contributed by atoms with Crippen LogP contribution in [-0.4, -0.2) is 48.2 Å². The monoisotopic (exact) mass is 409 g/mol. The number of esters is 1. The third-order valence-corrected chi connectivity index (χ3v) is 7.02. The van der Waals surface area contributed by atoms with Gasteiger partial charge in [-0.2, -0.15) is 9.40 Å². The fourth-order valence-corrected chi connectivity index (χ4v) is 5.46. The lowest BCUT2D eigenvalue weighted by molar-refractivity contribution is -0.149. The lowest BCUT2D eigenvalue weighted by Crippen LogP contribution is -2.43. The van der Waals surface area contributed by atoms with Gasteiger partial charge in [-0.25, -0.2) is 17.5 Å². The van der Waals surface area contributed by atoms with Crippen LogP contribution in [0, 0.1) is 25.6 Å². The number of ether oxygens (including phenoxy) is 1. The van der Waals surface area contributed by atoms with Crippen molar-refractivity contribution >= 4 is 16.0 Å². The van der Waals surface area contributed by atoms with Crippen LogP contribution in [0.4, 0.5) is 4.39 Å². The molecule has 0 saturated carbocycles. The van der Waals surface area contributed by atoms with Crippen molar-refractivity contribution in [1.29, 1.82) is 0 Å². The molecule has 0 spiro atoms. The Morgan fingerprint density at radius 2 is 1.96 bits per heavy atom. The normalized spacial score (nSPS) is 18.2. The summed E-state index contributed by atoms with van der Waals surface area (Å²) in [4.78, 5) is 12.2. The van der Waals surface area contributed by atoms with E-state index >= 15 is 0 Å². The molecule has 2 heterocycles. The van der Waals surface area contributed by atoms with E-state index < -0.39 is 15.9 Å². The molecule has 1 aromatic carbocycles. The molecule has 28 heavy (non-hydrogen) atoms. The number of aromatic nitrogens is 2. The summed E-state index contributed by atoms with van der Waals surface area (Å²) in [5.41, 5.74) is 1.38. The molecule has 0 bridgehead atoms. The van der Waals surface area contributed by atoms with Crippen LogP contribution in [0.5, 0.6) is 0 Å². The van der Waals surface area contributed by atoms with Crippen molar-refractivity contribution in [2.45, 2.75) is 38.5 Å². The third kappa shape index (κ3) is 3.81. The van der Waals surface area contributed by atoms with Crippen molar-refractivity contribution in [1.82, 2.24) is 14.1 Å². The number of carbonyl (C=O) groups is 1. The highest BCUT2D eigenvalue weighted by Gasteiger charge is 2.37. The zero-order valence-corrected chi connectivity index (χ0v) is 17.0. The molecule has 0 radical (unpaired) electrons. The third-order valence-electron chi connectivity index (χ3n) is 4.90. The van der Waals surface area contributed by atoms with E-state index in [0.717, 1.165) is 0 Å². The van der Waals surface area contributed by atoms with Crippen LogP contribution >= 0.6 is 0 Å². The Hall–Kier alpha value is -2.26. The summed E-state index contributed by atoms with van der Waals surface area (Å²) in [6.45, 7) is 5.74. The predicted molar refractivity (Wildman–Crippen MR) is 101 cm³/mol. The Bertz CT molecular complexity index is 970. The first-order valence-corrected chi connectivity index (χ1v) is 10.7. The molecule has 1 fully saturated rings. The zero-order valence-electron chi connectivity index (χ0n) is 16.2. The van der Waals surface area contributed by atoms with Crippen molar-refractivity contribution in [3.8, 4) is 5.69 Å². The molecular formula is C19H24FN3O4S. The molecule has 1 aromatic heterocycles. The van der Waals surface area contributed by atoms with Crippen LogP contribution < -0.4 is 0 Å². The van der Waals surface area contributed by atoms with E-state index in [0.29, 0.717) is 36.5 Å². The Labute approximate surface area is 164 Å². The number of benzene rings is 1. The number of sulfonamides is 1. The van der Waals surface area contributed by atoms with Gasteiger partial charge in [0.1, 0.15) is 10.7 Å². The molecule has 1 unspecified atom stereocenters. The predicted octanol–water partition coefficient (Wildman–Crippen LogP) is 2.59. The molecule has 1 aliphatic heterocycles. The van der Waals surface area contributed by atoms with Crippen LogP contribution in [0.15, 0.2) is 29.2 Å². The second-order valence-electron chi connectivity index (χ2n) is 6.84. The van der Waals surface area contributed by atoms with Crippen LogP contribution in [0.2, 0.25) is 0 Å². The standard InChI is InChI=1S/C19H24FN3O4S/c1-4-27-19(24)15-6-5-11-22(12-15)28(25,26)18-13(2)21-23(14(18)3)17-9-7-16(20)8-10-17/h7-10,15H,4-6,11-12H2,1-3H3. The van der Waals surface area contributed by atoms with E-state index in [-0.39, 0.29) is 29.8 Å². The number of nitrogens with zero attached hydrogens (tertiary/aromatic N) is 3. The van der Waals surface area contributed by atoms with E-state index in [1.807, 2.05) is 0 Å². The van der Waals surface area contributed by atoms with Crippen LogP contribution in [-0.2, 0) is 19.6 Å². The second kappa shape index (κ2) is 8.00. The highest BCUT2D eigenvalue weighted by atomic mass is 32.2. The molecule has 7 nitrogen and oxygen atoms in total. The quantitative estimate of drug-likeness (QED) is 0.709. The average Bonchev–Trinajstić information content (AvgIpc) is 2.97. The molecule has 1 aliphatic rings. The molecule has 0 amide bonds. The molecular weight excluding hydrogens is 385 g/mol. The number of hydrogen-bond acceptors (Lipinski definition) is 5. The van der Waals surface area contributed by atoms with Gasteiger partial charge in [0.15, 0.2) is 0 Å². The number of carbonyl (C=O) groups excluding carboxylic acids is 1. The van der Waals surface area contributed by atoms with E-state index in [9.17, 15) is 17.6 Å². The SMILES string of the molecule is CCOC(=O)C1CCCN(S(=O)(=O)c2c(C)nn(-c3ccc(F)cc3)c2C)C1. The maximum Gasteiger partial charge on any atom is 0.310 e. The summed E-state index contributed by atoms with van der Waals surface area (Å²) in [5.74, 6) is -1.20. The Morgan fingerprint density at radius 3 is 2.61 bits per heavy atom. The maximum atomic E-state index is 13.3. The van der Waals surface area contributed by atoms with Crippen LogP contribution in [0.25, 0.3) is 5.69 Å². The maximum absolute atomic E-state index is 13.3. The van der Waals surface area contributed by atoms with Gasteiger partial charge in [0, 0.05) is 13.1 Å². The largest absolute Gasteiger partial charge is 0.466 e. The van der Waals surface area contributed by atoms with Gasteiger partial charge in [-0.05, 0) is 57.9 Å². The Kier molecular flexibility index (Phi) is 5.85. The highest BCUT2D eigenvalue weighted by molar-refractivity contribution is 7.89. The Balaban J connectivity index is 1.94. The van der Waals surface area contributed by atoms with E-state index in [4.69, 9.17) is 4.74 Å². The number of aryl methyl sites for hydroxylation is 1. The minimum atomic E-state index is -3.83. The van der Waals surface area contributed by atoms with Crippen LogP contribution in [0.3, 0.4) is 0 Å². The van der Waals surface area contributed by atoms with Gasteiger partial charge in [-0.1, -0.05) is 0 Å². The lowest BCUT2D eigenvalue weighted by atomic mass is 10.0. The fraction of sp³-hybridized carbons (Fsp3) is 0.474. The van der Waals surface area contributed by atoms with Crippen molar-refractivity contribution in [2.75, 3.05) is 19.7 Å². The average molecular weight is 409 g/mol. The summed E-state index contributed by atoms with van der Waals surface area (Å²) in [7, 11) is -3.83. The second-order valence-corrected chi connectivity index (χ2v) is 8.72. The zero-order chi connectivity index (χ0) is 20.5. The van der Waals surface area contributed by atoms with E-state index in [1.165, 1.54) is 21.1 Å². The van der Waals surface area contributed by atoms with Gasteiger partial charge in [-0.15, -0.1) is 0 Å². The van der Waals surface area contributed by atoms with Crippen LogP contribution in [0.1, 0.15) is 31.2 Å². The van der Waals surface area contributed by atoms with E-state index in [2.05, 4.69) is 5.10 Å². The highest BCUT2D eigenvalue weighted by Crippen LogP contribution is 2.29. The molecule has 3 rings (SSSR count). The van der Waals surface area contributed by atoms with E-state index in [1.54, 1.807) is 32.9 Å². The molecule has 152 valence electrons. The molecule has 9 heteroatoms. The van der Waals surface area contributed by atoms with Crippen molar-refractivity contribution < 1.29 is 22.3 Å². The first-order chi connectivity index (χ1) is 13.3. The van der Waals surface area contributed by atoms with Gasteiger partial charge in [0.05, 0.1) is 29.6 Å². The summed E-state index contributed by atoms with van der Waals surface area (Å²) in [6.07, 6.45) is 1.20. The minimum absolute atomic E-state index is 0.0990. The molecule has 0 aliphatic carbocycles. The smallest absolute Gasteiger partial charge is 0.310 e. The number of halogens is 1. The molecule has 0 N–H and O–H groups in total. The first-order valence-electron chi connectivity index (χ1n) is 9.24. The number of piperidine rings is 1. The molecule has 2 aromatic rings. The van der Waals surface area contributed by atoms with Crippen molar-refractivity contribution in [3.63, 3.8) is 0 Å². The summed E-state index contributed by atoms with van der Waals surface area (Å²) >= 11 is 0. The van der Waals surface area contributed by atoms with Gasteiger partial charge in [0.2, 0.25) is 10.0 Å². The van der Waals surface area contributed by atoms with Crippen molar-refractivity contribution in [2.24, 2.45) is 5.92 Å². The van der Waals surface area contributed by atoms with Gasteiger partial charge in [-0.3, -0.25) is 4.79 Å². The summed E-state index contributed by atoms with van der Waals surface area (Å²) in [6, 6.07) is 5.69. The van der Waals surface area contributed by atoms with Gasteiger partial charge < -0.3 is 4.74 Å². The molecule has 1 atom stereocenters. The number of rotatable bonds is 5. The Morgan fingerprint density at radius 1 is 1.29 bits per heavy atom. The molecule has 1 saturated heterocycles. The topological polar surface area (TPSA) is 81.5 Å². The summed E-state index contributed by atoms with van der Waals surface area (Å²) in [5, 5.41) is 4.35. The van der Waals surface area contributed by atoms with Crippen molar-refractivity contribution in [3.05, 3.63) is 41.5 Å². The fourth-order valence-electron chi connectivity index (χ4n) is 3.58. The summed E-state index contributed by atoms with van der Waals surface area (Å²) < 4.78 is 47.7. The minimum Gasteiger partial charge on any atom is -0.466 e.